The monoisotopic (exact) mass is 185 g/mol. The lowest BCUT2D eigenvalue weighted by atomic mass is 10.3. The third-order valence-corrected chi connectivity index (χ3v) is 1.62. The number of hydrogen-bond acceptors (Lipinski definition) is 4. The molecular weight excluding hydrogens is 173 g/mol. The van der Waals surface area contributed by atoms with E-state index in [9.17, 15) is 9.50 Å². The summed E-state index contributed by atoms with van der Waals surface area (Å²) in [4.78, 5) is 7.08. The van der Waals surface area contributed by atoms with Gasteiger partial charge in [-0.25, -0.2) is 9.97 Å². The fraction of sp³-hybridized carbons (Fsp3) is 0.500. The van der Waals surface area contributed by atoms with Gasteiger partial charge in [0.05, 0.1) is 6.10 Å². The Bertz CT molecular complexity index is 269. The molecule has 0 saturated heterocycles. The van der Waals surface area contributed by atoms with E-state index >= 15 is 0 Å². The normalized spacial score (nSPS) is 12.5. The zero-order valence-corrected chi connectivity index (χ0v) is 7.37. The quantitative estimate of drug-likeness (QED) is 0.681. The highest BCUT2D eigenvalue weighted by Crippen LogP contribution is 2.02. The summed E-state index contributed by atoms with van der Waals surface area (Å²) in [6.07, 6.45) is 1.36. The predicted octanol–water partition coefficient (Wildman–Crippen LogP) is 0.798. The second-order valence-electron chi connectivity index (χ2n) is 2.67. The van der Waals surface area contributed by atoms with Crippen molar-refractivity contribution in [3.05, 3.63) is 18.3 Å². The lowest BCUT2D eigenvalue weighted by Crippen LogP contribution is -2.18. The van der Waals surface area contributed by atoms with E-state index in [1.807, 2.05) is 6.92 Å². The van der Waals surface area contributed by atoms with Gasteiger partial charge in [0.15, 0.2) is 0 Å². The maximum atomic E-state index is 12.5. The van der Waals surface area contributed by atoms with Gasteiger partial charge in [-0.15, -0.1) is 0 Å². The Hall–Kier alpha value is -1.23. The molecule has 0 aliphatic heterocycles. The van der Waals surface area contributed by atoms with Crippen LogP contribution in [-0.2, 0) is 0 Å². The summed E-state index contributed by atoms with van der Waals surface area (Å²) in [5, 5.41) is 12.0. The molecule has 0 aliphatic carbocycles. The zero-order valence-electron chi connectivity index (χ0n) is 7.37. The van der Waals surface area contributed by atoms with E-state index < -0.39 is 12.1 Å². The van der Waals surface area contributed by atoms with E-state index in [0.29, 0.717) is 18.8 Å². The fourth-order valence-electron chi connectivity index (χ4n) is 0.797. The van der Waals surface area contributed by atoms with Crippen LogP contribution in [0.15, 0.2) is 12.4 Å². The SMILES string of the molecule is CCC(O)CNc1cc(F)ncn1. The van der Waals surface area contributed by atoms with Crippen molar-refractivity contribution in [3.8, 4) is 0 Å². The van der Waals surface area contributed by atoms with Crippen LogP contribution >= 0.6 is 0 Å². The van der Waals surface area contributed by atoms with E-state index in [2.05, 4.69) is 15.3 Å². The predicted molar refractivity (Wildman–Crippen MR) is 46.8 cm³/mol. The number of aromatic nitrogens is 2. The Morgan fingerprint density at radius 1 is 1.62 bits per heavy atom. The van der Waals surface area contributed by atoms with Gasteiger partial charge in [0.2, 0.25) is 5.95 Å². The van der Waals surface area contributed by atoms with Crippen LogP contribution in [-0.4, -0.2) is 27.7 Å². The average molecular weight is 185 g/mol. The Morgan fingerprint density at radius 2 is 2.38 bits per heavy atom. The van der Waals surface area contributed by atoms with Crippen LogP contribution in [0.3, 0.4) is 0 Å². The maximum absolute atomic E-state index is 12.5. The van der Waals surface area contributed by atoms with Crippen molar-refractivity contribution < 1.29 is 9.50 Å². The largest absolute Gasteiger partial charge is 0.391 e. The van der Waals surface area contributed by atoms with Crippen molar-refractivity contribution in [2.45, 2.75) is 19.4 Å². The molecule has 1 unspecified atom stereocenters. The van der Waals surface area contributed by atoms with Gasteiger partial charge in [-0.05, 0) is 6.42 Å². The molecule has 0 amide bonds. The number of aliphatic hydroxyl groups is 1. The first-order chi connectivity index (χ1) is 6.22. The van der Waals surface area contributed by atoms with Crippen molar-refractivity contribution in [2.24, 2.45) is 0 Å². The molecule has 1 aromatic rings. The summed E-state index contributed by atoms with van der Waals surface area (Å²) in [5.74, 6) is -0.191. The molecule has 4 nitrogen and oxygen atoms in total. The summed E-state index contributed by atoms with van der Waals surface area (Å²) >= 11 is 0. The number of hydrogen-bond donors (Lipinski definition) is 2. The molecule has 72 valence electrons. The third kappa shape index (κ3) is 3.33. The Kier molecular flexibility index (Phi) is 3.57. The first kappa shape index (κ1) is 9.85. The number of nitrogens with one attached hydrogen (secondary N) is 1. The van der Waals surface area contributed by atoms with Crippen LogP contribution in [0.25, 0.3) is 0 Å². The van der Waals surface area contributed by atoms with Gasteiger partial charge in [-0.2, -0.15) is 4.39 Å². The summed E-state index contributed by atoms with van der Waals surface area (Å²) < 4.78 is 12.5. The van der Waals surface area contributed by atoms with Gasteiger partial charge in [-0.3, -0.25) is 0 Å². The van der Waals surface area contributed by atoms with Crippen LogP contribution in [0.5, 0.6) is 0 Å². The van der Waals surface area contributed by atoms with Gasteiger partial charge in [0, 0.05) is 12.6 Å². The molecule has 1 rings (SSSR count). The van der Waals surface area contributed by atoms with Gasteiger partial charge in [0.1, 0.15) is 12.1 Å². The standard InChI is InChI=1S/C8H12FN3O/c1-2-6(13)4-10-8-3-7(9)11-5-12-8/h3,5-6,13H,2,4H2,1H3,(H,10,11,12). The molecule has 0 bridgehead atoms. The van der Waals surface area contributed by atoms with Crippen molar-refractivity contribution in [2.75, 3.05) is 11.9 Å². The van der Waals surface area contributed by atoms with Crippen LogP contribution in [0.4, 0.5) is 10.2 Å². The summed E-state index contributed by atoms with van der Waals surface area (Å²) in [7, 11) is 0. The van der Waals surface area contributed by atoms with Gasteiger partial charge in [-0.1, -0.05) is 6.92 Å². The van der Waals surface area contributed by atoms with E-state index in [-0.39, 0.29) is 0 Å². The van der Waals surface area contributed by atoms with E-state index in [4.69, 9.17) is 0 Å². The minimum absolute atomic E-state index is 0.368. The highest BCUT2D eigenvalue weighted by atomic mass is 19.1. The zero-order chi connectivity index (χ0) is 9.68. The molecule has 0 aliphatic rings. The van der Waals surface area contributed by atoms with Crippen molar-refractivity contribution in [1.29, 1.82) is 0 Å². The molecule has 13 heavy (non-hydrogen) atoms. The van der Waals surface area contributed by atoms with Gasteiger partial charge in [0.25, 0.3) is 0 Å². The smallest absolute Gasteiger partial charge is 0.217 e. The van der Waals surface area contributed by atoms with E-state index in [1.54, 1.807) is 0 Å². The minimum Gasteiger partial charge on any atom is -0.391 e. The average Bonchev–Trinajstić information content (AvgIpc) is 2.14. The molecule has 0 saturated carbocycles. The lowest BCUT2D eigenvalue weighted by molar-refractivity contribution is 0.183. The van der Waals surface area contributed by atoms with Crippen LogP contribution in [0.1, 0.15) is 13.3 Å². The summed E-state index contributed by atoms with van der Waals surface area (Å²) in [6.45, 7) is 2.24. The Morgan fingerprint density at radius 3 is 3.00 bits per heavy atom. The molecule has 0 radical (unpaired) electrons. The molecular formula is C8H12FN3O. The maximum Gasteiger partial charge on any atom is 0.217 e. The molecule has 0 fully saturated rings. The van der Waals surface area contributed by atoms with Crippen LogP contribution in [0, 0.1) is 5.95 Å². The minimum atomic E-state index is -0.580. The topological polar surface area (TPSA) is 58.0 Å². The third-order valence-electron chi connectivity index (χ3n) is 1.62. The molecule has 2 N–H and O–H groups in total. The first-order valence-electron chi connectivity index (χ1n) is 4.12. The second kappa shape index (κ2) is 4.71. The molecule has 0 aromatic carbocycles. The number of nitrogens with zero attached hydrogens (tertiary/aromatic N) is 2. The van der Waals surface area contributed by atoms with E-state index in [1.165, 1.54) is 6.07 Å². The number of halogens is 1. The molecule has 1 atom stereocenters. The molecule has 1 aromatic heterocycles. The second-order valence-corrected chi connectivity index (χ2v) is 2.67. The van der Waals surface area contributed by atoms with Gasteiger partial charge < -0.3 is 10.4 Å². The summed E-state index contributed by atoms with van der Waals surface area (Å²) in [5.41, 5.74) is 0. The molecule has 5 heteroatoms. The Labute approximate surface area is 75.8 Å². The van der Waals surface area contributed by atoms with Crippen LogP contribution < -0.4 is 5.32 Å². The lowest BCUT2D eigenvalue weighted by Gasteiger charge is -2.08. The van der Waals surface area contributed by atoms with Gasteiger partial charge >= 0.3 is 0 Å². The fourth-order valence-corrected chi connectivity index (χ4v) is 0.797. The Balaban J connectivity index is 2.45. The number of rotatable bonds is 4. The van der Waals surface area contributed by atoms with E-state index in [0.717, 1.165) is 6.33 Å². The summed E-state index contributed by atoms with van der Waals surface area (Å²) in [6, 6.07) is 1.18. The van der Waals surface area contributed by atoms with Crippen LogP contribution in [0.2, 0.25) is 0 Å². The highest BCUT2D eigenvalue weighted by Gasteiger charge is 2.01. The van der Waals surface area contributed by atoms with Crippen molar-refractivity contribution in [1.82, 2.24) is 9.97 Å². The van der Waals surface area contributed by atoms with Crippen molar-refractivity contribution >= 4 is 5.82 Å². The number of anilines is 1. The number of aliphatic hydroxyl groups excluding tert-OH is 1. The van der Waals surface area contributed by atoms with Crippen molar-refractivity contribution in [3.63, 3.8) is 0 Å². The molecule has 0 spiro atoms. The first-order valence-corrected chi connectivity index (χ1v) is 4.12. The molecule has 1 heterocycles. The highest BCUT2D eigenvalue weighted by molar-refractivity contribution is 5.31.